The van der Waals surface area contributed by atoms with E-state index in [1.54, 1.807) is 0 Å². The molecular weight excluding hydrogens is 154 g/mol. The number of ether oxygens (including phenoxy) is 2. The minimum atomic E-state index is 0.0576. The third-order valence-corrected chi connectivity index (χ3v) is 3.37. The highest BCUT2D eigenvalue weighted by Gasteiger charge is 2.51. The van der Waals surface area contributed by atoms with Gasteiger partial charge in [-0.25, -0.2) is 0 Å². The minimum absolute atomic E-state index is 0.0576. The summed E-state index contributed by atoms with van der Waals surface area (Å²) in [4.78, 5) is 0. The van der Waals surface area contributed by atoms with Crippen molar-refractivity contribution in [3.63, 3.8) is 0 Å². The minimum Gasteiger partial charge on any atom is -0.377 e. The van der Waals surface area contributed by atoms with Gasteiger partial charge in [-0.05, 0) is 25.7 Å². The molecule has 2 aliphatic heterocycles. The van der Waals surface area contributed by atoms with Crippen LogP contribution in [-0.2, 0) is 9.47 Å². The molecule has 0 aromatic carbocycles. The molecule has 3 aliphatic rings. The Morgan fingerprint density at radius 3 is 2.42 bits per heavy atom. The Balaban J connectivity index is 1.74. The molecule has 0 bridgehead atoms. The van der Waals surface area contributed by atoms with Crippen LogP contribution in [0.5, 0.6) is 0 Å². The summed E-state index contributed by atoms with van der Waals surface area (Å²) in [6.07, 6.45) is 4.81. The first-order valence-corrected chi connectivity index (χ1v) is 4.84. The fraction of sp³-hybridized carbons (Fsp3) is 1.00. The van der Waals surface area contributed by atoms with Crippen LogP contribution in [0.25, 0.3) is 0 Å². The predicted molar refractivity (Wildman–Crippen MR) is 43.8 cm³/mol. The summed E-state index contributed by atoms with van der Waals surface area (Å²) in [5, 5.41) is 3.63. The molecule has 1 N–H and O–H groups in total. The monoisotopic (exact) mass is 169 g/mol. The molecule has 0 amide bonds. The Kier molecular flexibility index (Phi) is 1.35. The molecule has 1 aliphatic carbocycles. The second-order valence-corrected chi connectivity index (χ2v) is 4.34. The Bertz CT molecular complexity index is 177. The molecular formula is C9H15NO2. The fourth-order valence-corrected chi connectivity index (χ4v) is 2.36. The van der Waals surface area contributed by atoms with Crippen LogP contribution >= 0.6 is 0 Å². The van der Waals surface area contributed by atoms with Crippen molar-refractivity contribution in [2.75, 3.05) is 19.8 Å². The van der Waals surface area contributed by atoms with Gasteiger partial charge in [0.2, 0.25) is 0 Å². The summed E-state index contributed by atoms with van der Waals surface area (Å²) in [6, 6.07) is 0. The third kappa shape index (κ3) is 0.873. The fourth-order valence-electron chi connectivity index (χ4n) is 2.36. The van der Waals surface area contributed by atoms with Gasteiger partial charge in [-0.2, -0.15) is 0 Å². The zero-order chi connectivity index (χ0) is 8.07. The molecule has 3 rings (SSSR count). The van der Waals surface area contributed by atoms with Crippen molar-refractivity contribution in [1.82, 2.24) is 5.32 Å². The van der Waals surface area contributed by atoms with Crippen LogP contribution in [0.3, 0.4) is 0 Å². The maximum absolute atomic E-state index is 5.77. The van der Waals surface area contributed by atoms with Crippen LogP contribution < -0.4 is 5.32 Å². The average Bonchev–Trinajstić information content (AvgIpc) is 1.99. The van der Waals surface area contributed by atoms with Crippen molar-refractivity contribution in [3.05, 3.63) is 0 Å². The summed E-state index contributed by atoms with van der Waals surface area (Å²) in [5.41, 5.74) is 0.348. The zero-order valence-corrected chi connectivity index (χ0v) is 7.27. The van der Waals surface area contributed by atoms with Gasteiger partial charge in [0.15, 0.2) is 0 Å². The van der Waals surface area contributed by atoms with Gasteiger partial charge in [0.1, 0.15) is 5.72 Å². The van der Waals surface area contributed by atoms with Gasteiger partial charge in [0.25, 0.3) is 0 Å². The second kappa shape index (κ2) is 2.22. The van der Waals surface area contributed by atoms with Gasteiger partial charge in [0.05, 0.1) is 25.4 Å². The first kappa shape index (κ1) is 7.30. The summed E-state index contributed by atoms with van der Waals surface area (Å²) >= 11 is 0. The molecule has 2 heterocycles. The molecule has 2 spiro atoms. The standard InChI is InChI=1S/C9H15NO2/c1-2-9(3-1)10-8(4-5-12-9)6-11-7-8/h10H,1-7H2. The Morgan fingerprint density at radius 2 is 1.92 bits per heavy atom. The molecule has 0 unspecified atom stereocenters. The van der Waals surface area contributed by atoms with E-state index in [1.807, 2.05) is 0 Å². The highest BCUT2D eigenvalue weighted by Crippen LogP contribution is 2.40. The van der Waals surface area contributed by atoms with Crippen molar-refractivity contribution >= 4 is 0 Å². The highest BCUT2D eigenvalue weighted by atomic mass is 16.5. The van der Waals surface area contributed by atoms with E-state index in [-0.39, 0.29) is 5.72 Å². The lowest BCUT2D eigenvalue weighted by Gasteiger charge is -2.56. The van der Waals surface area contributed by atoms with E-state index in [9.17, 15) is 0 Å². The Morgan fingerprint density at radius 1 is 1.08 bits per heavy atom. The molecule has 0 aromatic rings. The lowest BCUT2D eigenvalue weighted by molar-refractivity contribution is -0.222. The van der Waals surface area contributed by atoms with Crippen molar-refractivity contribution in [2.45, 2.75) is 36.9 Å². The van der Waals surface area contributed by atoms with Crippen LogP contribution in [0, 0.1) is 0 Å². The summed E-state index contributed by atoms with van der Waals surface area (Å²) in [6.45, 7) is 2.69. The second-order valence-electron chi connectivity index (χ2n) is 4.34. The van der Waals surface area contributed by atoms with Crippen LogP contribution in [0.15, 0.2) is 0 Å². The zero-order valence-electron chi connectivity index (χ0n) is 7.27. The van der Waals surface area contributed by atoms with Gasteiger partial charge >= 0.3 is 0 Å². The molecule has 3 fully saturated rings. The summed E-state index contributed by atoms with van der Waals surface area (Å²) in [7, 11) is 0. The van der Waals surface area contributed by atoms with E-state index in [0.29, 0.717) is 5.54 Å². The lowest BCUT2D eigenvalue weighted by Crippen LogP contribution is -2.73. The van der Waals surface area contributed by atoms with Gasteiger partial charge in [0, 0.05) is 0 Å². The van der Waals surface area contributed by atoms with Crippen molar-refractivity contribution in [3.8, 4) is 0 Å². The van der Waals surface area contributed by atoms with E-state index in [4.69, 9.17) is 9.47 Å². The Hall–Kier alpha value is -0.120. The van der Waals surface area contributed by atoms with E-state index in [0.717, 1.165) is 26.2 Å². The number of nitrogens with one attached hydrogen (secondary N) is 1. The molecule has 0 aromatic heterocycles. The maximum atomic E-state index is 5.77. The first-order chi connectivity index (χ1) is 5.83. The first-order valence-electron chi connectivity index (χ1n) is 4.84. The van der Waals surface area contributed by atoms with Gasteiger partial charge in [-0.15, -0.1) is 0 Å². The van der Waals surface area contributed by atoms with E-state index in [1.165, 1.54) is 19.3 Å². The van der Waals surface area contributed by atoms with Crippen LogP contribution in [0.2, 0.25) is 0 Å². The van der Waals surface area contributed by atoms with Crippen LogP contribution in [-0.4, -0.2) is 31.1 Å². The molecule has 1 saturated carbocycles. The lowest BCUT2D eigenvalue weighted by atomic mass is 9.81. The van der Waals surface area contributed by atoms with Gasteiger partial charge < -0.3 is 9.47 Å². The Labute approximate surface area is 72.4 Å². The molecule has 0 radical (unpaired) electrons. The smallest absolute Gasteiger partial charge is 0.119 e. The van der Waals surface area contributed by atoms with Crippen molar-refractivity contribution in [1.29, 1.82) is 0 Å². The van der Waals surface area contributed by atoms with Gasteiger partial charge in [-0.3, -0.25) is 5.32 Å². The number of rotatable bonds is 0. The molecule has 2 saturated heterocycles. The third-order valence-electron chi connectivity index (χ3n) is 3.37. The number of hydrogen-bond acceptors (Lipinski definition) is 3. The van der Waals surface area contributed by atoms with Crippen molar-refractivity contribution in [2.24, 2.45) is 0 Å². The van der Waals surface area contributed by atoms with Crippen molar-refractivity contribution < 1.29 is 9.47 Å². The molecule has 3 nitrogen and oxygen atoms in total. The van der Waals surface area contributed by atoms with E-state index < -0.39 is 0 Å². The van der Waals surface area contributed by atoms with E-state index in [2.05, 4.69) is 5.32 Å². The molecule has 12 heavy (non-hydrogen) atoms. The van der Waals surface area contributed by atoms with Crippen LogP contribution in [0.1, 0.15) is 25.7 Å². The molecule has 0 atom stereocenters. The summed E-state index contributed by atoms with van der Waals surface area (Å²) in [5.74, 6) is 0. The average molecular weight is 169 g/mol. The topological polar surface area (TPSA) is 30.5 Å². The quantitative estimate of drug-likeness (QED) is 0.577. The predicted octanol–water partition coefficient (Wildman–Crippen LogP) is 0.645. The summed E-state index contributed by atoms with van der Waals surface area (Å²) < 4.78 is 11.0. The van der Waals surface area contributed by atoms with E-state index >= 15 is 0 Å². The largest absolute Gasteiger partial charge is 0.377 e. The number of hydrogen-bond donors (Lipinski definition) is 1. The highest BCUT2D eigenvalue weighted by molar-refractivity contribution is 5.04. The maximum Gasteiger partial charge on any atom is 0.119 e. The molecule has 3 heteroatoms. The van der Waals surface area contributed by atoms with Crippen LogP contribution in [0.4, 0.5) is 0 Å². The SMILES string of the molecule is C1CC2(C1)NC1(CCO2)COC1. The molecule has 68 valence electrons. The normalized spacial score (nSPS) is 36.0. The van der Waals surface area contributed by atoms with Gasteiger partial charge in [-0.1, -0.05) is 0 Å².